The molecular weight excluding hydrogens is 351 g/mol. The minimum absolute atomic E-state index is 0.168. The average molecular weight is 376 g/mol. The van der Waals surface area contributed by atoms with Crippen LogP contribution in [0.25, 0.3) is 0 Å². The Balaban J connectivity index is 2.44. The van der Waals surface area contributed by atoms with Crippen molar-refractivity contribution in [3.63, 3.8) is 0 Å². The molecule has 3 atom stereocenters. The Labute approximate surface area is 146 Å². The molecule has 0 amide bonds. The van der Waals surface area contributed by atoms with E-state index in [0.717, 1.165) is 24.8 Å². The number of nitrogens with zero attached hydrogens (tertiary/aromatic N) is 2. The van der Waals surface area contributed by atoms with Gasteiger partial charge in [0.05, 0.1) is 24.0 Å². The first-order valence-corrected chi connectivity index (χ1v) is 11.2. The van der Waals surface area contributed by atoms with Crippen LogP contribution in [0.15, 0.2) is 11.3 Å². The lowest BCUT2D eigenvalue weighted by Crippen LogP contribution is -2.44. The average Bonchev–Trinajstić information content (AvgIpc) is 3.02. The van der Waals surface area contributed by atoms with Crippen molar-refractivity contribution in [2.75, 3.05) is 25.5 Å². The lowest BCUT2D eigenvalue weighted by molar-refractivity contribution is 0.130. The number of phosphoric ester groups is 1. The lowest BCUT2D eigenvalue weighted by Gasteiger charge is -2.37. The second-order valence-electron chi connectivity index (χ2n) is 5.63. The molecule has 24 heavy (non-hydrogen) atoms. The summed E-state index contributed by atoms with van der Waals surface area (Å²) in [4.78, 5) is 1.48. The molecule has 1 heterocycles. The number of nitriles is 1. The van der Waals surface area contributed by atoms with E-state index in [2.05, 4.69) is 6.19 Å². The third kappa shape index (κ3) is 4.02. The molecule has 0 spiro atoms. The van der Waals surface area contributed by atoms with Gasteiger partial charge in [0, 0.05) is 18.2 Å². The quantitative estimate of drug-likeness (QED) is 0.475. The molecule has 0 bridgehead atoms. The molecule has 0 N–H and O–H groups in total. The van der Waals surface area contributed by atoms with Crippen molar-refractivity contribution in [1.82, 2.24) is 4.90 Å². The van der Waals surface area contributed by atoms with E-state index in [1.807, 2.05) is 0 Å². The molecule has 0 aromatic heterocycles. The molecule has 136 valence electrons. The Hall–Kier alpha value is -0.870. The van der Waals surface area contributed by atoms with Gasteiger partial charge in [0.1, 0.15) is 5.76 Å². The molecule has 2 unspecified atom stereocenters. The molecule has 0 saturated heterocycles. The summed E-state index contributed by atoms with van der Waals surface area (Å²) in [5.74, 6) is 0.901. The summed E-state index contributed by atoms with van der Waals surface area (Å²) in [5, 5.41) is 8.76. The van der Waals surface area contributed by atoms with Gasteiger partial charge in [-0.3, -0.25) is 18.2 Å². The van der Waals surface area contributed by atoms with E-state index in [4.69, 9.17) is 13.6 Å². The first-order valence-electron chi connectivity index (χ1n) is 8.34. The minimum atomic E-state index is -3.79. The lowest BCUT2D eigenvalue weighted by atomic mass is 9.97. The van der Waals surface area contributed by atoms with E-state index in [1.54, 1.807) is 20.8 Å². The predicted molar refractivity (Wildman–Crippen MR) is 91.1 cm³/mol. The van der Waals surface area contributed by atoms with Gasteiger partial charge in [-0.25, -0.2) is 4.57 Å². The van der Waals surface area contributed by atoms with Gasteiger partial charge in [0.2, 0.25) is 0 Å². The summed E-state index contributed by atoms with van der Waals surface area (Å²) >= 11 is 0. The summed E-state index contributed by atoms with van der Waals surface area (Å²) < 4.78 is 41.6. The van der Waals surface area contributed by atoms with Crippen molar-refractivity contribution in [3.05, 3.63) is 11.3 Å². The molecule has 0 radical (unpaired) electrons. The number of rotatable bonds is 8. The predicted octanol–water partition coefficient (Wildman–Crippen LogP) is 3.13. The van der Waals surface area contributed by atoms with Gasteiger partial charge in [-0.2, -0.15) is 5.26 Å². The fourth-order valence-corrected chi connectivity index (χ4v) is 5.73. The maximum absolute atomic E-state index is 12.8. The van der Waals surface area contributed by atoms with Gasteiger partial charge < -0.3 is 4.52 Å². The molecule has 1 aliphatic heterocycles. The van der Waals surface area contributed by atoms with E-state index in [0.29, 0.717) is 18.1 Å². The van der Waals surface area contributed by atoms with Gasteiger partial charge in [-0.15, -0.1) is 0 Å². The van der Waals surface area contributed by atoms with Crippen LogP contribution < -0.4 is 0 Å². The normalized spacial score (nSPS) is 25.3. The highest BCUT2D eigenvalue weighted by Gasteiger charge is 2.44. The van der Waals surface area contributed by atoms with E-state index < -0.39 is 24.0 Å². The molecular formula is C15H25N2O5PS. The minimum Gasteiger partial charge on any atom is -0.405 e. The molecule has 1 aliphatic carbocycles. The Morgan fingerprint density at radius 3 is 2.54 bits per heavy atom. The number of fused-ring (bicyclic) bond motifs is 1. The van der Waals surface area contributed by atoms with E-state index in [1.165, 1.54) is 4.90 Å². The maximum atomic E-state index is 12.8. The summed E-state index contributed by atoms with van der Waals surface area (Å²) in [5.41, 5.74) is 1.01. The van der Waals surface area contributed by atoms with E-state index in [9.17, 15) is 14.0 Å². The zero-order chi connectivity index (χ0) is 17.7. The molecule has 7 nitrogen and oxygen atoms in total. The Morgan fingerprint density at radius 1 is 1.33 bits per heavy atom. The summed E-state index contributed by atoms with van der Waals surface area (Å²) in [6, 6.07) is 0. The van der Waals surface area contributed by atoms with Crippen LogP contribution in [-0.2, 0) is 28.9 Å². The second kappa shape index (κ2) is 8.48. The summed E-state index contributed by atoms with van der Waals surface area (Å²) in [6.07, 6.45) is 4.84. The smallest absolute Gasteiger partial charge is 0.405 e. The van der Waals surface area contributed by atoms with Gasteiger partial charge in [-0.05, 0) is 38.7 Å². The largest absolute Gasteiger partial charge is 0.529 e. The molecule has 0 aromatic rings. The van der Waals surface area contributed by atoms with Crippen molar-refractivity contribution >= 4 is 18.6 Å². The van der Waals surface area contributed by atoms with Crippen molar-refractivity contribution in [2.24, 2.45) is 5.92 Å². The standard InChI is InChI=1S/C15H25N2O5PS/c1-4-20-23(18,21-5-2)22-14-13-9-7-8-12(13)10-17(11-16)15(14)24(19)6-3/h12,15H,4-10H2,1-3H3/t12-,15?,24?/m1/s1. The van der Waals surface area contributed by atoms with Crippen LogP contribution in [0, 0.1) is 17.4 Å². The van der Waals surface area contributed by atoms with Crippen LogP contribution >= 0.6 is 7.82 Å². The van der Waals surface area contributed by atoms with Gasteiger partial charge in [0.15, 0.2) is 11.6 Å². The van der Waals surface area contributed by atoms with Crippen LogP contribution in [0.4, 0.5) is 0 Å². The number of hydrogen-bond donors (Lipinski definition) is 0. The fourth-order valence-electron chi connectivity index (χ4n) is 3.22. The third-order valence-electron chi connectivity index (χ3n) is 4.18. The number of hydrogen-bond acceptors (Lipinski definition) is 7. The molecule has 1 fully saturated rings. The number of phosphoric acid groups is 1. The van der Waals surface area contributed by atoms with E-state index in [-0.39, 0.29) is 19.1 Å². The first-order chi connectivity index (χ1) is 11.5. The van der Waals surface area contributed by atoms with Gasteiger partial charge >= 0.3 is 7.82 Å². The van der Waals surface area contributed by atoms with Crippen molar-refractivity contribution in [3.8, 4) is 6.19 Å². The van der Waals surface area contributed by atoms with Crippen molar-refractivity contribution in [1.29, 1.82) is 5.26 Å². The first kappa shape index (κ1) is 19.5. The van der Waals surface area contributed by atoms with Gasteiger partial charge in [0.25, 0.3) is 0 Å². The van der Waals surface area contributed by atoms with Crippen molar-refractivity contribution < 1.29 is 22.3 Å². The molecule has 1 saturated carbocycles. The molecule has 9 heteroatoms. The monoisotopic (exact) mass is 376 g/mol. The summed E-state index contributed by atoms with van der Waals surface area (Å²) in [7, 11) is -5.13. The Kier molecular flexibility index (Phi) is 6.88. The summed E-state index contributed by atoms with van der Waals surface area (Å²) in [6.45, 7) is 6.08. The highest BCUT2D eigenvalue weighted by Crippen LogP contribution is 2.54. The Bertz CT molecular complexity index is 593. The van der Waals surface area contributed by atoms with Crippen molar-refractivity contribution in [2.45, 2.75) is 45.4 Å². The topological polar surface area (TPSA) is 88.9 Å². The third-order valence-corrected chi connectivity index (χ3v) is 7.28. The van der Waals surface area contributed by atoms with Crippen LogP contribution in [0.5, 0.6) is 0 Å². The highest BCUT2D eigenvalue weighted by atomic mass is 32.2. The zero-order valence-electron chi connectivity index (χ0n) is 14.4. The van der Waals surface area contributed by atoms with Crippen LogP contribution in [0.3, 0.4) is 0 Å². The fraction of sp³-hybridized carbons (Fsp3) is 0.800. The second-order valence-corrected chi connectivity index (χ2v) is 9.01. The zero-order valence-corrected chi connectivity index (χ0v) is 16.1. The maximum Gasteiger partial charge on any atom is 0.529 e. The van der Waals surface area contributed by atoms with Gasteiger partial charge in [-0.1, -0.05) is 6.92 Å². The molecule has 2 rings (SSSR count). The Morgan fingerprint density at radius 2 is 2.00 bits per heavy atom. The van der Waals surface area contributed by atoms with E-state index >= 15 is 0 Å². The van der Waals surface area contributed by atoms with Crippen LogP contribution in [-0.4, -0.2) is 40.0 Å². The highest BCUT2D eigenvalue weighted by molar-refractivity contribution is 7.85. The molecule has 2 aliphatic rings. The SMILES string of the molecule is CCOP(=O)(OCC)OC1=C2CCC[C@@H]2CN(C#N)C1S(=O)CC. The van der Waals surface area contributed by atoms with Crippen LogP contribution in [0.2, 0.25) is 0 Å². The van der Waals surface area contributed by atoms with Crippen LogP contribution in [0.1, 0.15) is 40.0 Å². The molecule has 0 aromatic carbocycles.